The van der Waals surface area contributed by atoms with E-state index in [2.05, 4.69) is 5.32 Å². The summed E-state index contributed by atoms with van der Waals surface area (Å²) in [6.45, 7) is 7.74. The first kappa shape index (κ1) is 22.5. The van der Waals surface area contributed by atoms with Gasteiger partial charge in [-0.2, -0.15) is 0 Å². The van der Waals surface area contributed by atoms with Crippen molar-refractivity contribution >= 4 is 23.5 Å². The molecule has 1 saturated heterocycles. The Morgan fingerprint density at radius 1 is 1.21 bits per heavy atom. The van der Waals surface area contributed by atoms with Gasteiger partial charge < -0.3 is 20.7 Å². The van der Waals surface area contributed by atoms with Crippen LogP contribution in [0.5, 0.6) is 0 Å². The van der Waals surface area contributed by atoms with Gasteiger partial charge in [0.1, 0.15) is 18.7 Å². The zero-order valence-corrected chi connectivity index (χ0v) is 17.3. The number of likely N-dealkylation sites (N-methyl/N-ethyl adjacent to an activating group) is 1. The number of hydrogen-bond donors (Lipinski definition) is 2. The highest BCUT2D eigenvalue weighted by atomic mass is 16.5. The average molecular weight is 403 g/mol. The number of hydrogen-bond acceptors (Lipinski definition) is 5. The van der Waals surface area contributed by atoms with Gasteiger partial charge in [0, 0.05) is 17.7 Å². The van der Waals surface area contributed by atoms with Gasteiger partial charge in [0.15, 0.2) is 5.78 Å². The van der Waals surface area contributed by atoms with Crippen LogP contribution in [0.25, 0.3) is 0 Å². The molecule has 29 heavy (non-hydrogen) atoms. The van der Waals surface area contributed by atoms with Gasteiger partial charge in [0.2, 0.25) is 11.8 Å². The van der Waals surface area contributed by atoms with E-state index < -0.39 is 24.1 Å². The Bertz CT molecular complexity index is 775. The van der Waals surface area contributed by atoms with E-state index in [0.717, 1.165) is 0 Å². The maximum atomic E-state index is 13.1. The van der Waals surface area contributed by atoms with Gasteiger partial charge in [-0.3, -0.25) is 19.2 Å². The van der Waals surface area contributed by atoms with Crippen LogP contribution in [0.1, 0.15) is 54.8 Å². The SMILES string of the molecule is CCN(C(=O)c1ccc(C(N)=O)cc1)[C@@H](CC(C)C)C(=O)N[C@@H]1C(=O)CO[C@@H]1C. The van der Waals surface area contributed by atoms with Crippen molar-refractivity contribution in [3.8, 4) is 0 Å². The van der Waals surface area contributed by atoms with E-state index in [0.29, 0.717) is 24.1 Å². The molecule has 2 rings (SSSR count). The second-order valence-corrected chi connectivity index (χ2v) is 7.65. The molecule has 0 spiro atoms. The predicted molar refractivity (Wildman–Crippen MR) is 107 cm³/mol. The highest BCUT2D eigenvalue weighted by Gasteiger charge is 2.37. The van der Waals surface area contributed by atoms with Gasteiger partial charge in [0.05, 0.1) is 6.10 Å². The Morgan fingerprint density at radius 2 is 1.79 bits per heavy atom. The molecule has 0 aromatic heterocycles. The lowest BCUT2D eigenvalue weighted by Gasteiger charge is -2.32. The van der Waals surface area contributed by atoms with Crippen molar-refractivity contribution < 1.29 is 23.9 Å². The van der Waals surface area contributed by atoms with E-state index in [4.69, 9.17) is 10.5 Å². The van der Waals surface area contributed by atoms with Crippen LogP contribution in [0.3, 0.4) is 0 Å². The Labute approximate surface area is 170 Å². The number of amides is 3. The van der Waals surface area contributed by atoms with Gasteiger partial charge in [-0.15, -0.1) is 0 Å². The smallest absolute Gasteiger partial charge is 0.254 e. The van der Waals surface area contributed by atoms with Crippen molar-refractivity contribution in [2.24, 2.45) is 11.7 Å². The number of nitrogens with zero attached hydrogens (tertiary/aromatic N) is 1. The van der Waals surface area contributed by atoms with E-state index in [1.807, 2.05) is 13.8 Å². The van der Waals surface area contributed by atoms with Gasteiger partial charge in [0.25, 0.3) is 5.91 Å². The fourth-order valence-corrected chi connectivity index (χ4v) is 3.38. The molecule has 8 heteroatoms. The monoisotopic (exact) mass is 403 g/mol. The van der Waals surface area contributed by atoms with Crippen molar-refractivity contribution in [2.75, 3.05) is 13.2 Å². The number of primary amides is 1. The summed E-state index contributed by atoms with van der Waals surface area (Å²) >= 11 is 0. The molecule has 1 fully saturated rings. The van der Waals surface area contributed by atoms with Crippen LogP contribution in [-0.2, 0) is 14.3 Å². The molecule has 0 aliphatic carbocycles. The lowest BCUT2D eigenvalue weighted by atomic mass is 9.99. The number of rotatable bonds is 8. The summed E-state index contributed by atoms with van der Waals surface area (Å²) in [5, 5.41) is 2.76. The standard InChI is InChI=1S/C21H29N3O5/c1-5-24(21(28)15-8-6-14(7-9-15)19(22)26)16(10-12(2)3)20(27)23-18-13(4)29-11-17(18)25/h6-9,12-13,16,18H,5,10-11H2,1-4H3,(H2,22,26)(H,23,27)/t13-,16+,18+/m1/s1. The Morgan fingerprint density at radius 3 is 2.24 bits per heavy atom. The van der Waals surface area contributed by atoms with Crippen molar-refractivity contribution in [1.82, 2.24) is 10.2 Å². The number of nitrogens with two attached hydrogens (primary N) is 1. The molecule has 0 saturated carbocycles. The van der Waals surface area contributed by atoms with E-state index in [1.165, 1.54) is 29.2 Å². The topological polar surface area (TPSA) is 119 Å². The van der Waals surface area contributed by atoms with Crippen LogP contribution >= 0.6 is 0 Å². The molecule has 0 bridgehead atoms. The van der Waals surface area contributed by atoms with E-state index >= 15 is 0 Å². The largest absolute Gasteiger partial charge is 0.368 e. The molecule has 3 N–H and O–H groups in total. The molecule has 1 heterocycles. The molecule has 8 nitrogen and oxygen atoms in total. The van der Waals surface area contributed by atoms with Crippen LogP contribution in [0.4, 0.5) is 0 Å². The molecular formula is C21H29N3O5. The van der Waals surface area contributed by atoms with Gasteiger partial charge in [-0.1, -0.05) is 13.8 Å². The van der Waals surface area contributed by atoms with Crippen LogP contribution in [0, 0.1) is 5.92 Å². The first-order valence-corrected chi connectivity index (χ1v) is 9.81. The quantitative estimate of drug-likeness (QED) is 0.675. The zero-order chi connectivity index (χ0) is 21.7. The predicted octanol–water partition coefficient (Wildman–Crippen LogP) is 1.13. The average Bonchev–Trinajstić information content (AvgIpc) is 2.99. The third-order valence-corrected chi connectivity index (χ3v) is 4.99. The maximum Gasteiger partial charge on any atom is 0.254 e. The van der Waals surface area contributed by atoms with Crippen LogP contribution in [-0.4, -0.2) is 59.7 Å². The molecule has 1 aliphatic heterocycles. The third-order valence-electron chi connectivity index (χ3n) is 4.99. The minimum Gasteiger partial charge on any atom is -0.368 e. The number of benzene rings is 1. The minimum atomic E-state index is -0.732. The molecule has 3 atom stereocenters. The number of carbonyl (C=O) groups is 4. The van der Waals surface area contributed by atoms with E-state index in [-0.39, 0.29) is 30.1 Å². The van der Waals surface area contributed by atoms with Crippen LogP contribution in [0.15, 0.2) is 24.3 Å². The molecule has 1 aliphatic rings. The lowest BCUT2D eigenvalue weighted by molar-refractivity contribution is -0.130. The van der Waals surface area contributed by atoms with Gasteiger partial charge >= 0.3 is 0 Å². The normalized spacial score (nSPS) is 19.8. The zero-order valence-electron chi connectivity index (χ0n) is 17.3. The summed E-state index contributed by atoms with van der Waals surface area (Å²) in [7, 11) is 0. The highest BCUT2D eigenvalue weighted by Crippen LogP contribution is 2.18. The Balaban J connectivity index is 2.25. The third kappa shape index (κ3) is 5.41. The molecule has 0 unspecified atom stereocenters. The van der Waals surface area contributed by atoms with Crippen molar-refractivity contribution in [3.63, 3.8) is 0 Å². The fraction of sp³-hybridized carbons (Fsp3) is 0.524. The molecule has 1 aromatic rings. The molecule has 158 valence electrons. The van der Waals surface area contributed by atoms with Crippen molar-refractivity contribution in [2.45, 2.75) is 52.3 Å². The second kappa shape index (κ2) is 9.65. The van der Waals surface area contributed by atoms with Crippen LogP contribution < -0.4 is 11.1 Å². The number of ether oxygens (including phenoxy) is 1. The summed E-state index contributed by atoms with van der Waals surface area (Å²) in [4.78, 5) is 50.8. The number of carbonyl (C=O) groups excluding carboxylic acids is 4. The van der Waals surface area contributed by atoms with E-state index in [9.17, 15) is 19.2 Å². The van der Waals surface area contributed by atoms with Gasteiger partial charge in [-0.05, 0) is 50.5 Å². The first-order valence-electron chi connectivity index (χ1n) is 9.81. The first-order chi connectivity index (χ1) is 13.6. The molecular weight excluding hydrogens is 374 g/mol. The number of ketones is 1. The molecule has 1 aromatic carbocycles. The summed E-state index contributed by atoms with van der Waals surface area (Å²) < 4.78 is 5.29. The maximum absolute atomic E-state index is 13.1. The summed E-state index contributed by atoms with van der Waals surface area (Å²) in [5.41, 5.74) is 5.90. The van der Waals surface area contributed by atoms with Gasteiger partial charge in [-0.25, -0.2) is 0 Å². The van der Waals surface area contributed by atoms with Crippen molar-refractivity contribution in [1.29, 1.82) is 0 Å². The lowest BCUT2D eigenvalue weighted by Crippen LogP contribution is -2.54. The Kier molecular flexibility index (Phi) is 7.50. The molecule has 0 radical (unpaired) electrons. The van der Waals surface area contributed by atoms with Crippen molar-refractivity contribution in [3.05, 3.63) is 35.4 Å². The van der Waals surface area contributed by atoms with Crippen LogP contribution in [0.2, 0.25) is 0 Å². The van der Waals surface area contributed by atoms with E-state index in [1.54, 1.807) is 13.8 Å². The highest BCUT2D eigenvalue weighted by molar-refractivity contribution is 6.00. The summed E-state index contributed by atoms with van der Waals surface area (Å²) in [6.07, 6.45) is 0.0410. The second-order valence-electron chi connectivity index (χ2n) is 7.65. The summed E-state index contributed by atoms with van der Waals surface area (Å²) in [5.74, 6) is -1.31. The Hall–Kier alpha value is -2.74. The molecule has 3 amide bonds. The summed E-state index contributed by atoms with van der Waals surface area (Å²) in [6, 6.07) is 4.57. The number of nitrogens with one attached hydrogen (secondary N) is 1. The fourth-order valence-electron chi connectivity index (χ4n) is 3.38. The minimum absolute atomic E-state index is 0.0242. The number of Topliss-reactive ketones (excluding diaryl/α,β-unsaturated/α-hetero) is 1.